The lowest BCUT2D eigenvalue weighted by Gasteiger charge is -2.46. The van der Waals surface area contributed by atoms with E-state index in [1.54, 1.807) is 0 Å². The van der Waals surface area contributed by atoms with Crippen LogP contribution in [0.15, 0.2) is 12.2 Å². The van der Waals surface area contributed by atoms with Crippen molar-refractivity contribution in [2.45, 2.75) is 138 Å². The van der Waals surface area contributed by atoms with E-state index in [1.807, 2.05) is 13.8 Å². The van der Waals surface area contributed by atoms with Gasteiger partial charge in [-0.3, -0.25) is 0 Å². The summed E-state index contributed by atoms with van der Waals surface area (Å²) in [5.41, 5.74) is 1.67. The molecule has 31 heavy (non-hydrogen) atoms. The summed E-state index contributed by atoms with van der Waals surface area (Å²) in [5, 5.41) is 0. The van der Waals surface area contributed by atoms with E-state index in [2.05, 4.69) is 48.1 Å². The molecule has 0 aliphatic heterocycles. The van der Waals surface area contributed by atoms with Gasteiger partial charge in [-0.1, -0.05) is 105 Å². The van der Waals surface area contributed by atoms with E-state index in [-0.39, 0.29) is 0 Å². The average molecular weight is 433 g/mol. The van der Waals surface area contributed by atoms with Crippen LogP contribution in [0, 0.1) is 29.1 Å². The zero-order chi connectivity index (χ0) is 23.9. The molecule has 0 amide bonds. The van der Waals surface area contributed by atoms with Crippen molar-refractivity contribution in [1.82, 2.24) is 0 Å². The molecule has 2 saturated carbocycles. The van der Waals surface area contributed by atoms with Crippen LogP contribution in [-0.2, 0) is 4.74 Å². The molecular formula is C29H57BO. The highest BCUT2D eigenvalue weighted by Gasteiger charge is 2.40. The largest absolute Gasteiger partial charge is 0.374 e. The maximum absolute atomic E-state index is 5.97. The Balaban J connectivity index is 0.000000762. The van der Waals surface area contributed by atoms with Crippen LogP contribution in [0.4, 0.5) is 0 Å². The number of hydrogen-bond acceptors (Lipinski definition) is 1. The van der Waals surface area contributed by atoms with Crippen molar-refractivity contribution in [2.75, 3.05) is 6.61 Å². The Morgan fingerprint density at radius 3 is 1.90 bits per heavy atom. The third kappa shape index (κ3) is 12.5. The molecule has 0 heterocycles. The first-order chi connectivity index (χ1) is 14.7. The number of unbranched alkanes of at least 4 members (excludes halogenated alkanes) is 1. The highest BCUT2D eigenvalue weighted by Crippen LogP contribution is 2.49. The van der Waals surface area contributed by atoms with Gasteiger partial charge in [0.1, 0.15) is 0 Å². The molecule has 1 unspecified atom stereocenters. The van der Waals surface area contributed by atoms with Crippen LogP contribution in [0.25, 0.3) is 0 Å². The highest BCUT2D eigenvalue weighted by molar-refractivity contribution is 6.08. The summed E-state index contributed by atoms with van der Waals surface area (Å²) in [6.07, 6.45) is 16.3. The van der Waals surface area contributed by atoms with Crippen LogP contribution in [0.1, 0.15) is 126 Å². The van der Waals surface area contributed by atoms with E-state index < -0.39 is 0 Å². The summed E-state index contributed by atoms with van der Waals surface area (Å²) in [6.45, 7) is 22.7. The molecule has 0 N–H and O–H groups in total. The van der Waals surface area contributed by atoms with Crippen molar-refractivity contribution in [3.8, 4) is 0 Å². The lowest BCUT2D eigenvalue weighted by Crippen LogP contribution is -2.38. The van der Waals surface area contributed by atoms with Gasteiger partial charge in [0.2, 0.25) is 0 Å². The van der Waals surface area contributed by atoms with E-state index in [0.29, 0.717) is 11.5 Å². The maximum Gasteiger partial charge on any atom is 0.0675 e. The van der Waals surface area contributed by atoms with Gasteiger partial charge in [-0.2, -0.15) is 0 Å². The Morgan fingerprint density at radius 1 is 1.00 bits per heavy atom. The van der Waals surface area contributed by atoms with Crippen molar-refractivity contribution in [2.24, 2.45) is 29.1 Å². The van der Waals surface area contributed by atoms with Crippen molar-refractivity contribution in [3.63, 3.8) is 0 Å². The lowest BCUT2D eigenvalue weighted by atomic mass is 9.60. The van der Waals surface area contributed by atoms with Gasteiger partial charge in [0.05, 0.1) is 20.6 Å². The molecule has 2 radical (unpaired) electrons. The molecule has 2 heteroatoms. The van der Waals surface area contributed by atoms with Crippen LogP contribution >= 0.6 is 0 Å². The normalized spacial score (nSPS) is 27.2. The van der Waals surface area contributed by atoms with E-state index in [0.717, 1.165) is 42.2 Å². The number of ether oxygens (including phenoxy) is 1. The first-order valence-electron chi connectivity index (χ1n) is 13.7. The summed E-state index contributed by atoms with van der Waals surface area (Å²) in [5.74, 6) is 3.55. The molecule has 0 aromatic heterocycles. The standard InChI is InChI=1S/C20H36O.C7H15B.C2H6/c1-15(2)14-21-19-12-10-18(11-13-19)20(4,5)17-8-6-16(3)7-9-17;1-3-4-5-7(2)6-8;1-2/h16-19H,1,6-14H2,2-5H3;7H,3-6H2,1-2H3;1-2H3. The topological polar surface area (TPSA) is 9.23 Å². The fraction of sp³-hybridized carbons (Fsp3) is 0.931. The molecule has 2 rings (SSSR count). The van der Waals surface area contributed by atoms with Crippen molar-refractivity contribution in [3.05, 3.63) is 12.2 Å². The molecule has 2 aliphatic carbocycles. The molecule has 1 nitrogen and oxygen atoms in total. The quantitative estimate of drug-likeness (QED) is 0.260. The van der Waals surface area contributed by atoms with E-state index in [9.17, 15) is 0 Å². The molecule has 0 saturated heterocycles. The summed E-state index contributed by atoms with van der Waals surface area (Å²) < 4.78 is 5.97. The fourth-order valence-electron chi connectivity index (χ4n) is 5.24. The SMILES string of the molecule is C=C(C)COC1CCC(C(C)(C)C2CCC(C)CC2)CC1.CC.[B]CC(C)CCCC. The van der Waals surface area contributed by atoms with Gasteiger partial charge in [-0.25, -0.2) is 0 Å². The van der Waals surface area contributed by atoms with E-state index >= 15 is 0 Å². The zero-order valence-electron chi connectivity index (χ0n) is 22.8. The smallest absolute Gasteiger partial charge is 0.0675 e. The predicted molar refractivity (Wildman–Crippen MR) is 142 cm³/mol. The molecule has 0 aromatic rings. The summed E-state index contributed by atoms with van der Waals surface area (Å²) >= 11 is 0. The first-order valence-corrected chi connectivity index (χ1v) is 13.7. The van der Waals surface area contributed by atoms with Crippen molar-refractivity contribution in [1.29, 1.82) is 0 Å². The minimum atomic E-state index is 0.486. The summed E-state index contributed by atoms with van der Waals surface area (Å²) in [4.78, 5) is 0. The van der Waals surface area contributed by atoms with E-state index in [1.165, 1.54) is 70.6 Å². The molecule has 2 fully saturated rings. The average Bonchev–Trinajstić information content (AvgIpc) is 2.78. The van der Waals surface area contributed by atoms with Gasteiger partial charge < -0.3 is 4.74 Å². The second-order valence-corrected chi connectivity index (χ2v) is 11.0. The van der Waals surface area contributed by atoms with Gasteiger partial charge in [0, 0.05) is 0 Å². The minimum absolute atomic E-state index is 0.486. The Kier molecular flexibility index (Phi) is 17.1. The Bertz CT molecular complexity index is 428. The minimum Gasteiger partial charge on any atom is -0.374 e. The number of hydrogen-bond donors (Lipinski definition) is 0. The van der Waals surface area contributed by atoms with Gasteiger partial charge in [-0.15, -0.1) is 0 Å². The van der Waals surface area contributed by atoms with Crippen LogP contribution in [-0.4, -0.2) is 20.6 Å². The van der Waals surface area contributed by atoms with Gasteiger partial charge in [-0.05, 0) is 68.6 Å². The Labute approximate surface area is 199 Å². The molecule has 1 atom stereocenters. The maximum atomic E-state index is 5.97. The third-order valence-electron chi connectivity index (χ3n) is 7.81. The monoisotopic (exact) mass is 432 g/mol. The molecule has 182 valence electrons. The first kappa shape index (κ1) is 30.8. The second-order valence-electron chi connectivity index (χ2n) is 11.0. The Hall–Kier alpha value is -0.235. The van der Waals surface area contributed by atoms with Crippen LogP contribution in [0.3, 0.4) is 0 Å². The van der Waals surface area contributed by atoms with Crippen molar-refractivity contribution >= 4 is 7.85 Å². The summed E-state index contributed by atoms with van der Waals surface area (Å²) in [6, 6.07) is 0. The van der Waals surface area contributed by atoms with E-state index in [4.69, 9.17) is 12.6 Å². The van der Waals surface area contributed by atoms with Crippen LogP contribution in [0.2, 0.25) is 6.32 Å². The highest BCUT2D eigenvalue weighted by atomic mass is 16.5. The zero-order valence-corrected chi connectivity index (χ0v) is 22.8. The van der Waals surface area contributed by atoms with Crippen LogP contribution in [0.5, 0.6) is 0 Å². The van der Waals surface area contributed by atoms with Gasteiger partial charge in [0.25, 0.3) is 0 Å². The third-order valence-corrected chi connectivity index (χ3v) is 7.81. The van der Waals surface area contributed by atoms with Gasteiger partial charge in [0.15, 0.2) is 0 Å². The molecular weight excluding hydrogens is 375 g/mol. The predicted octanol–water partition coefficient (Wildman–Crippen LogP) is 9.42. The second kappa shape index (κ2) is 17.3. The number of rotatable bonds is 9. The fourth-order valence-corrected chi connectivity index (χ4v) is 5.24. The lowest BCUT2D eigenvalue weighted by molar-refractivity contribution is -0.0108. The summed E-state index contributed by atoms with van der Waals surface area (Å²) in [7, 11) is 5.41. The van der Waals surface area contributed by atoms with Crippen molar-refractivity contribution < 1.29 is 4.74 Å². The van der Waals surface area contributed by atoms with Gasteiger partial charge >= 0.3 is 0 Å². The van der Waals surface area contributed by atoms with Crippen LogP contribution < -0.4 is 0 Å². The molecule has 0 aromatic carbocycles. The molecule has 0 bridgehead atoms. The molecule has 2 aliphatic rings. The Morgan fingerprint density at radius 2 is 1.48 bits per heavy atom. The molecule has 0 spiro atoms.